The summed E-state index contributed by atoms with van der Waals surface area (Å²) in [7, 11) is 0. The van der Waals surface area contributed by atoms with E-state index >= 15 is 0 Å². The van der Waals surface area contributed by atoms with Gasteiger partial charge in [-0.1, -0.05) is 55.8 Å². The molecule has 1 unspecified atom stereocenters. The van der Waals surface area contributed by atoms with Crippen LogP contribution in [-0.2, 0) is 22.4 Å². The lowest BCUT2D eigenvalue weighted by Gasteiger charge is -2.37. The van der Waals surface area contributed by atoms with Gasteiger partial charge in [-0.2, -0.15) is 0 Å². The van der Waals surface area contributed by atoms with Gasteiger partial charge in [-0.05, 0) is 59.2 Å². The number of nitrogens with zero attached hydrogens (tertiary/aromatic N) is 2. The van der Waals surface area contributed by atoms with E-state index in [1.807, 2.05) is 47.4 Å². The molecule has 0 saturated carbocycles. The summed E-state index contributed by atoms with van der Waals surface area (Å²) in [5.74, 6) is 0.897. The SMILES string of the molecule is CC(C)CN(CC(=O)N1CCc2sccc2C1COc1ccc(Cl)cc1)C(=O)Cc1ccccc1. The molecular formula is C28H31ClN2O3S. The summed E-state index contributed by atoms with van der Waals surface area (Å²) in [6.07, 6.45) is 1.11. The van der Waals surface area contributed by atoms with Crippen LogP contribution in [0.4, 0.5) is 0 Å². The van der Waals surface area contributed by atoms with Crippen LogP contribution in [0.15, 0.2) is 66.0 Å². The molecule has 7 heteroatoms. The van der Waals surface area contributed by atoms with Gasteiger partial charge in [0, 0.05) is 23.0 Å². The molecule has 0 fully saturated rings. The summed E-state index contributed by atoms with van der Waals surface area (Å²) in [6.45, 7) is 5.70. The summed E-state index contributed by atoms with van der Waals surface area (Å²) in [5.41, 5.74) is 2.09. The highest BCUT2D eigenvalue weighted by Gasteiger charge is 2.33. The molecule has 1 aliphatic heterocycles. The number of hydrogen-bond donors (Lipinski definition) is 0. The molecule has 1 aliphatic rings. The molecule has 0 radical (unpaired) electrons. The second-order valence-corrected chi connectivity index (χ2v) is 10.7. The topological polar surface area (TPSA) is 49.9 Å². The fourth-order valence-electron chi connectivity index (χ4n) is 4.41. The second-order valence-electron chi connectivity index (χ2n) is 9.25. The summed E-state index contributed by atoms with van der Waals surface area (Å²) in [5, 5.41) is 2.72. The van der Waals surface area contributed by atoms with Crippen molar-refractivity contribution in [1.82, 2.24) is 9.80 Å². The van der Waals surface area contributed by atoms with Crippen LogP contribution in [0.2, 0.25) is 5.02 Å². The minimum atomic E-state index is -0.196. The van der Waals surface area contributed by atoms with E-state index < -0.39 is 0 Å². The zero-order valence-electron chi connectivity index (χ0n) is 20.2. The van der Waals surface area contributed by atoms with E-state index in [0.29, 0.717) is 36.9 Å². The summed E-state index contributed by atoms with van der Waals surface area (Å²) < 4.78 is 6.07. The zero-order valence-corrected chi connectivity index (χ0v) is 21.7. The number of halogens is 1. The van der Waals surface area contributed by atoms with Crippen molar-refractivity contribution in [1.29, 1.82) is 0 Å². The number of carbonyl (C=O) groups excluding carboxylic acids is 2. The van der Waals surface area contributed by atoms with Gasteiger partial charge in [0.15, 0.2) is 0 Å². The first-order valence-corrected chi connectivity index (χ1v) is 13.2. The Labute approximate surface area is 216 Å². The quantitative estimate of drug-likeness (QED) is 0.374. The first-order valence-electron chi connectivity index (χ1n) is 12.0. The van der Waals surface area contributed by atoms with Crippen LogP contribution in [-0.4, -0.2) is 47.9 Å². The minimum Gasteiger partial charge on any atom is -0.491 e. The summed E-state index contributed by atoms with van der Waals surface area (Å²) in [4.78, 5) is 31.7. The van der Waals surface area contributed by atoms with Crippen LogP contribution in [0, 0.1) is 5.92 Å². The van der Waals surface area contributed by atoms with E-state index in [1.54, 1.807) is 28.4 Å². The number of fused-ring (bicyclic) bond motifs is 1. The maximum absolute atomic E-state index is 13.6. The summed E-state index contributed by atoms with van der Waals surface area (Å²) >= 11 is 7.72. The standard InChI is InChI=1S/C28H31ClN2O3S/c1-20(2)17-30(27(32)16-21-6-4-3-5-7-21)18-28(33)31-14-12-26-24(13-15-35-26)25(31)19-34-23-10-8-22(29)9-11-23/h3-11,13,15,20,25H,12,14,16-19H2,1-2H3. The molecule has 0 aliphatic carbocycles. The Hall–Kier alpha value is -2.83. The van der Waals surface area contributed by atoms with Crippen LogP contribution in [0.5, 0.6) is 5.75 Å². The number of thiophene rings is 1. The maximum Gasteiger partial charge on any atom is 0.242 e. The fourth-order valence-corrected chi connectivity index (χ4v) is 5.47. The van der Waals surface area contributed by atoms with Gasteiger partial charge in [-0.25, -0.2) is 0 Å². The molecule has 2 amide bonds. The predicted molar refractivity (Wildman–Crippen MR) is 141 cm³/mol. The molecule has 35 heavy (non-hydrogen) atoms. The molecule has 184 valence electrons. The van der Waals surface area contributed by atoms with Crippen LogP contribution >= 0.6 is 22.9 Å². The van der Waals surface area contributed by atoms with Crippen molar-refractivity contribution in [3.8, 4) is 5.75 Å². The van der Waals surface area contributed by atoms with E-state index in [2.05, 4.69) is 25.3 Å². The Bertz CT molecular complexity index is 1130. The highest BCUT2D eigenvalue weighted by atomic mass is 35.5. The van der Waals surface area contributed by atoms with Crippen LogP contribution in [0.25, 0.3) is 0 Å². The highest BCUT2D eigenvalue weighted by molar-refractivity contribution is 7.10. The van der Waals surface area contributed by atoms with Crippen molar-refractivity contribution < 1.29 is 14.3 Å². The molecule has 0 bridgehead atoms. The largest absolute Gasteiger partial charge is 0.491 e. The zero-order chi connectivity index (χ0) is 24.8. The van der Waals surface area contributed by atoms with Gasteiger partial charge in [0.1, 0.15) is 12.4 Å². The van der Waals surface area contributed by atoms with Gasteiger partial charge in [0.2, 0.25) is 11.8 Å². The Morgan fingerprint density at radius 1 is 1.11 bits per heavy atom. The van der Waals surface area contributed by atoms with Crippen LogP contribution in [0.1, 0.15) is 35.9 Å². The molecular weight excluding hydrogens is 480 g/mol. The lowest BCUT2D eigenvalue weighted by Crippen LogP contribution is -2.48. The van der Waals surface area contributed by atoms with E-state index in [-0.39, 0.29) is 30.3 Å². The van der Waals surface area contributed by atoms with E-state index in [1.165, 1.54) is 4.88 Å². The molecule has 2 aromatic carbocycles. The Morgan fingerprint density at radius 2 is 1.86 bits per heavy atom. The van der Waals surface area contributed by atoms with E-state index in [9.17, 15) is 9.59 Å². The fraction of sp³-hybridized carbons (Fsp3) is 0.357. The third-order valence-corrected chi connectivity index (χ3v) is 7.35. The first kappa shape index (κ1) is 25.3. The summed E-state index contributed by atoms with van der Waals surface area (Å²) in [6, 6.07) is 18.8. The molecule has 0 saturated heterocycles. The molecule has 1 aromatic heterocycles. The Balaban J connectivity index is 1.49. The smallest absolute Gasteiger partial charge is 0.242 e. The van der Waals surface area contributed by atoms with Crippen LogP contribution < -0.4 is 4.74 Å². The van der Waals surface area contributed by atoms with Crippen molar-refractivity contribution >= 4 is 34.8 Å². The number of rotatable bonds is 9. The average Bonchev–Trinajstić information content (AvgIpc) is 3.32. The van der Waals surface area contributed by atoms with Crippen molar-refractivity contribution in [2.75, 3.05) is 26.2 Å². The number of ether oxygens (including phenoxy) is 1. The van der Waals surface area contributed by atoms with Crippen LogP contribution in [0.3, 0.4) is 0 Å². The third-order valence-electron chi connectivity index (χ3n) is 6.10. The van der Waals surface area contributed by atoms with E-state index in [4.69, 9.17) is 16.3 Å². The lowest BCUT2D eigenvalue weighted by atomic mass is 10.00. The van der Waals surface area contributed by atoms with Gasteiger partial charge in [-0.3, -0.25) is 9.59 Å². The molecule has 5 nitrogen and oxygen atoms in total. The number of carbonyl (C=O) groups is 2. The van der Waals surface area contributed by atoms with Gasteiger partial charge in [0.25, 0.3) is 0 Å². The van der Waals surface area contributed by atoms with E-state index in [0.717, 1.165) is 17.5 Å². The number of hydrogen-bond acceptors (Lipinski definition) is 4. The monoisotopic (exact) mass is 510 g/mol. The van der Waals surface area contributed by atoms with Gasteiger partial charge >= 0.3 is 0 Å². The van der Waals surface area contributed by atoms with Gasteiger partial charge < -0.3 is 14.5 Å². The Kier molecular flexibility index (Phi) is 8.47. The normalized spacial score (nSPS) is 15.1. The minimum absolute atomic E-state index is 0.0274. The molecule has 0 N–H and O–H groups in total. The average molecular weight is 511 g/mol. The van der Waals surface area contributed by atoms with Gasteiger partial charge in [0.05, 0.1) is 19.0 Å². The lowest BCUT2D eigenvalue weighted by molar-refractivity contribution is -0.142. The Morgan fingerprint density at radius 3 is 2.57 bits per heavy atom. The van der Waals surface area contributed by atoms with Crippen molar-refractivity contribution in [2.24, 2.45) is 5.92 Å². The predicted octanol–water partition coefficient (Wildman–Crippen LogP) is 5.63. The third kappa shape index (κ3) is 6.65. The van der Waals surface area contributed by atoms with Crippen molar-refractivity contribution in [3.63, 3.8) is 0 Å². The number of amides is 2. The van der Waals surface area contributed by atoms with Crippen molar-refractivity contribution in [2.45, 2.75) is 32.7 Å². The molecule has 0 spiro atoms. The maximum atomic E-state index is 13.6. The highest BCUT2D eigenvalue weighted by Crippen LogP contribution is 2.34. The second kappa shape index (κ2) is 11.7. The van der Waals surface area contributed by atoms with Crippen molar-refractivity contribution in [3.05, 3.63) is 87.1 Å². The molecule has 1 atom stereocenters. The molecule has 3 aromatic rings. The molecule has 4 rings (SSSR count). The van der Waals surface area contributed by atoms with Gasteiger partial charge in [-0.15, -0.1) is 11.3 Å². The molecule has 2 heterocycles. The number of benzene rings is 2. The first-order chi connectivity index (χ1) is 16.9.